The molecule has 3 unspecified atom stereocenters. The van der Waals surface area contributed by atoms with Crippen LogP contribution < -0.4 is 0 Å². The minimum atomic E-state index is -0.678. The lowest BCUT2D eigenvalue weighted by Crippen LogP contribution is -2.60. The fourth-order valence-electron chi connectivity index (χ4n) is 7.18. The number of esters is 1. The van der Waals surface area contributed by atoms with Crippen LogP contribution >= 0.6 is 0 Å². The molecule has 1 N–H and O–H groups in total. The molecule has 0 amide bonds. The van der Waals surface area contributed by atoms with Crippen molar-refractivity contribution < 1.29 is 19.4 Å². The molecule has 0 aromatic carbocycles. The highest BCUT2D eigenvalue weighted by molar-refractivity contribution is 5.82. The molecule has 0 aliphatic heterocycles. The van der Waals surface area contributed by atoms with Crippen molar-refractivity contribution in [2.75, 3.05) is 0 Å². The molecule has 3 atom stereocenters. The lowest BCUT2D eigenvalue weighted by Gasteiger charge is -2.59. The third-order valence-corrected chi connectivity index (χ3v) is 7.91. The molecule has 0 saturated heterocycles. The second-order valence-corrected chi connectivity index (χ2v) is 12.0. The number of hydrogen-bond acceptors (Lipinski definition) is 3. The summed E-state index contributed by atoms with van der Waals surface area (Å²) in [7, 11) is 0. The van der Waals surface area contributed by atoms with Crippen molar-refractivity contribution in [3.63, 3.8) is 0 Å². The summed E-state index contributed by atoms with van der Waals surface area (Å²) < 4.78 is 6.33. The molecule has 146 valence electrons. The molecule has 5 aliphatic rings. The highest BCUT2D eigenvalue weighted by atomic mass is 16.6. The number of hydrogen-bond donors (Lipinski definition) is 1. The van der Waals surface area contributed by atoms with Gasteiger partial charge in [0.05, 0.1) is 10.8 Å². The van der Waals surface area contributed by atoms with Gasteiger partial charge in [0, 0.05) is 6.42 Å². The normalized spacial score (nSPS) is 45.4. The van der Waals surface area contributed by atoms with E-state index in [1.165, 1.54) is 0 Å². The van der Waals surface area contributed by atoms with Gasteiger partial charge in [-0.2, -0.15) is 0 Å². The number of aliphatic carboxylic acids is 1. The summed E-state index contributed by atoms with van der Waals surface area (Å²) in [5.74, 6) is 0.0833. The highest BCUT2D eigenvalue weighted by Crippen LogP contribution is 2.70. The van der Waals surface area contributed by atoms with Crippen molar-refractivity contribution in [1.29, 1.82) is 0 Å². The summed E-state index contributed by atoms with van der Waals surface area (Å²) in [6, 6.07) is 0. The van der Waals surface area contributed by atoms with Gasteiger partial charge in [0.1, 0.15) is 5.60 Å². The van der Waals surface area contributed by atoms with E-state index in [0.29, 0.717) is 18.3 Å². The SMILES string of the molecule is CC(C)(C)CC1(C(=O)OC23CC4CC(C2)CC(C(=O)O)(C4)C3)CC1(C)C. The van der Waals surface area contributed by atoms with E-state index >= 15 is 0 Å². The summed E-state index contributed by atoms with van der Waals surface area (Å²) in [6.07, 6.45) is 6.65. The molecule has 5 fully saturated rings. The molecule has 5 saturated carbocycles. The van der Waals surface area contributed by atoms with Gasteiger partial charge in [-0.3, -0.25) is 9.59 Å². The summed E-state index contributed by atoms with van der Waals surface area (Å²) in [4.78, 5) is 25.5. The van der Waals surface area contributed by atoms with Crippen LogP contribution in [-0.2, 0) is 14.3 Å². The molecule has 4 heteroatoms. The van der Waals surface area contributed by atoms with Crippen molar-refractivity contribution in [3.05, 3.63) is 0 Å². The first-order valence-electron chi connectivity index (χ1n) is 10.3. The summed E-state index contributed by atoms with van der Waals surface area (Å²) >= 11 is 0. The molecular weight excluding hydrogens is 328 g/mol. The molecule has 0 radical (unpaired) electrons. The molecule has 4 bridgehead atoms. The Morgan fingerprint density at radius 3 is 2.00 bits per heavy atom. The quantitative estimate of drug-likeness (QED) is 0.729. The first-order valence-corrected chi connectivity index (χ1v) is 10.3. The Bertz CT molecular complexity index is 642. The van der Waals surface area contributed by atoms with E-state index in [1.807, 2.05) is 0 Å². The standard InChI is InChI=1S/C22H34O4/c1-18(2,3)11-22(12-19(22,4)5)17(25)26-21-9-14-6-15(10-21)8-20(7-14,13-21)16(23)24/h14-15H,6-13H2,1-5H3,(H,23,24). The van der Waals surface area contributed by atoms with E-state index in [9.17, 15) is 14.7 Å². The molecular formula is C22H34O4. The van der Waals surface area contributed by atoms with Crippen molar-refractivity contribution in [1.82, 2.24) is 0 Å². The van der Waals surface area contributed by atoms with E-state index in [-0.39, 0.29) is 16.8 Å². The van der Waals surface area contributed by atoms with Gasteiger partial charge in [0.15, 0.2) is 0 Å². The maximum absolute atomic E-state index is 13.4. The lowest BCUT2D eigenvalue weighted by atomic mass is 9.48. The molecule has 26 heavy (non-hydrogen) atoms. The molecule has 4 nitrogen and oxygen atoms in total. The Labute approximate surface area is 157 Å². The van der Waals surface area contributed by atoms with Crippen LogP contribution in [-0.4, -0.2) is 22.6 Å². The van der Waals surface area contributed by atoms with E-state index in [4.69, 9.17) is 4.74 Å². The van der Waals surface area contributed by atoms with Crippen LogP contribution in [0.3, 0.4) is 0 Å². The average molecular weight is 363 g/mol. The minimum absolute atomic E-state index is 0.0237. The predicted octanol–water partition coefficient (Wildman–Crippen LogP) is 4.81. The molecule has 0 aromatic heterocycles. The third kappa shape index (κ3) is 2.62. The number of carbonyl (C=O) groups is 2. The van der Waals surface area contributed by atoms with Gasteiger partial charge >= 0.3 is 11.9 Å². The Balaban J connectivity index is 1.59. The Morgan fingerprint density at radius 2 is 1.58 bits per heavy atom. The van der Waals surface area contributed by atoms with Crippen LogP contribution in [0.15, 0.2) is 0 Å². The first-order chi connectivity index (χ1) is 11.8. The topological polar surface area (TPSA) is 63.6 Å². The Kier molecular flexibility index (Phi) is 3.56. The third-order valence-electron chi connectivity index (χ3n) is 7.91. The largest absolute Gasteiger partial charge is 0.481 e. The second kappa shape index (κ2) is 5.05. The fraction of sp³-hybridized carbons (Fsp3) is 0.909. The van der Waals surface area contributed by atoms with Gasteiger partial charge in [-0.1, -0.05) is 34.6 Å². The zero-order valence-electron chi connectivity index (χ0n) is 17.0. The number of carboxylic acid groups (broad SMARTS) is 1. The van der Waals surface area contributed by atoms with Gasteiger partial charge in [-0.15, -0.1) is 0 Å². The molecule has 5 rings (SSSR count). The van der Waals surface area contributed by atoms with E-state index < -0.39 is 22.4 Å². The van der Waals surface area contributed by atoms with Gasteiger partial charge in [-0.05, 0) is 67.6 Å². The van der Waals surface area contributed by atoms with Gasteiger partial charge in [0.25, 0.3) is 0 Å². The van der Waals surface area contributed by atoms with Gasteiger partial charge in [-0.25, -0.2) is 0 Å². The summed E-state index contributed by atoms with van der Waals surface area (Å²) in [6.45, 7) is 10.9. The average Bonchev–Trinajstić information content (AvgIpc) is 2.96. The maximum atomic E-state index is 13.4. The maximum Gasteiger partial charge on any atom is 0.313 e. The highest BCUT2D eigenvalue weighted by Gasteiger charge is 2.70. The zero-order chi connectivity index (χ0) is 19.2. The Morgan fingerprint density at radius 1 is 1.04 bits per heavy atom. The van der Waals surface area contributed by atoms with Crippen LogP contribution in [0.25, 0.3) is 0 Å². The van der Waals surface area contributed by atoms with Crippen LogP contribution in [0.5, 0.6) is 0 Å². The lowest BCUT2D eigenvalue weighted by molar-refractivity contribution is -0.215. The van der Waals surface area contributed by atoms with Crippen molar-refractivity contribution in [2.45, 2.75) is 91.6 Å². The molecule has 0 aromatic rings. The molecule has 5 aliphatic carbocycles. The smallest absolute Gasteiger partial charge is 0.313 e. The van der Waals surface area contributed by atoms with Crippen LogP contribution in [0.1, 0.15) is 86.0 Å². The minimum Gasteiger partial charge on any atom is -0.481 e. The number of carboxylic acids is 1. The zero-order valence-corrected chi connectivity index (χ0v) is 17.0. The van der Waals surface area contributed by atoms with Crippen molar-refractivity contribution in [2.24, 2.45) is 33.5 Å². The van der Waals surface area contributed by atoms with Crippen LogP contribution in [0, 0.1) is 33.5 Å². The van der Waals surface area contributed by atoms with E-state index in [1.54, 1.807) is 0 Å². The number of rotatable bonds is 4. The second-order valence-electron chi connectivity index (χ2n) is 12.0. The van der Waals surface area contributed by atoms with Crippen LogP contribution in [0.4, 0.5) is 0 Å². The van der Waals surface area contributed by atoms with E-state index in [0.717, 1.165) is 44.9 Å². The van der Waals surface area contributed by atoms with Crippen molar-refractivity contribution >= 4 is 11.9 Å². The van der Waals surface area contributed by atoms with Gasteiger partial charge in [0.2, 0.25) is 0 Å². The fourth-order valence-corrected chi connectivity index (χ4v) is 7.18. The van der Waals surface area contributed by atoms with E-state index in [2.05, 4.69) is 34.6 Å². The number of ether oxygens (including phenoxy) is 1. The molecule has 0 spiro atoms. The number of carbonyl (C=O) groups excluding carboxylic acids is 1. The first kappa shape index (κ1) is 18.3. The Hall–Kier alpha value is -1.06. The summed E-state index contributed by atoms with van der Waals surface area (Å²) in [5.41, 5.74) is -1.53. The van der Waals surface area contributed by atoms with Crippen molar-refractivity contribution in [3.8, 4) is 0 Å². The van der Waals surface area contributed by atoms with Gasteiger partial charge < -0.3 is 9.84 Å². The monoisotopic (exact) mass is 362 g/mol. The summed E-state index contributed by atoms with van der Waals surface area (Å²) in [5, 5.41) is 9.89. The predicted molar refractivity (Wildman–Crippen MR) is 98.5 cm³/mol. The van der Waals surface area contributed by atoms with Crippen LogP contribution in [0.2, 0.25) is 0 Å². The molecule has 0 heterocycles.